The minimum absolute atomic E-state index is 0.739. The molecule has 0 N–H and O–H groups in total. The lowest BCUT2D eigenvalue weighted by Crippen LogP contribution is -2.04. The Bertz CT molecular complexity index is 534. The molecule has 0 aliphatic carbocycles. The van der Waals surface area contributed by atoms with Crippen molar-refractivity contribution in [2.45, 2.75) is 13.3 Å². The van der Waals surface area contributed by atoms with Crippen LogP contribution in [0.25, 0.3) is 0 Å². The van der Waals surface area contributed by atoms with E-state index in [1.54, 1.807) is 6.20 Å². The van der Waals surface area contributed by atoms with Crippen molar-refractivity contribution in [1.29, 1.82) is 0 Å². The zero-order valence-corrected chi connectivity index (χ0v) is 9.10. The third-order valence-corrected chi connectivity index (χ3v) is 2.86. The van der Waals surface area contributed by atoms with Crippen molar-refractivity contribution in [1.82, 2.24) is 4.98 Å². The molecule has 0 saturated heterocycles. The van der Waals surface area contributed by atoms with Crippen molar-refractivity contribution in [2.24, 2.45) is 0 Å². The first-order valence-electron chi connectivity index (χ1n) is 5.41. The maximum Gasteiger partial charge on any atom is 0.222 e. The smallest absolute Gasteiger partial charge is 0.222 e. The molecule has 1 radical (unpaired) electrons. The summed E-state index contributed by atoms with van der Waals surface area (Å²) in [7, 11) is 0. The Labute approximate surface area is 94.9 Å². The third kappa shape index (κ3) is 1.47. The van der Waals surface area contributed by atoms with Gasteiger partial charge in [-0.05, 0) is 29.7 Å². The lowest BCUT2D eigenvalue weighted by atomic mass is 10.00. The molecular weight excluding hydrogens is 198 g/mol. The van der Waals surface area contributed by atoms with Crippen LogP contribution in [0.2, 0.25) is 0 Å². The summed E-state index contributed by atoms with van der Waals surface area (Å²) >= 11 is 0. The minimum atomic E-state index is 0.739. The van der Waals surface area contributed by atoms with Crippen molar-refractivity contribution in [2.75, 3.05) is 0 Å². The first-order valence-corrected chi connectivity index (χ1v) is 5.41. The molecule has 79 valence electrons. The maximum atomic E-state index is 5.75. The summed E-state index contributed by atoms with van der Waals surface area (Å²) < 4.78 is 5.75. The Morgan fingerprint density at radius 3 is 3.06 bits per heavy atom. The number of hydrogen-bond donors (Lipinski definition) is 0. The molecule has 1 aromatic carbocycles. The second-order valence-electron chi connectivity index (χ2n) is 3.90. The van der Waals surface area contributed by atoms with E-state index in [2.05, 4.69) is 29.6 Å². The molecule has 2 heteroatoms. The van der Waals surface area contributed by atoms with Crippen LogP contribution in [0.5, 0.6) is 11.6 Å². The van der Waals surface area contributed by atoms with Crippen molar-refractivity contribution in [3.8, 4) is 11.6 Å². The summed E-state index contributed by atoms with van der Waals surface area (Å²) in [5.74, 6) is 1.67. The highest BCUT2D eigenvalue weighted by atomic mass is 16.5. The van der Waals surface area contributed by atoms with Crippen LogP contribution in [0.3, 0.4) is 0 Å². The largest absolute Gasteiger partial charge is 0.438 e. The van der Waals surface area contributed by atoms with Gasteiger partial charge in [0.1, 0.15) is 5.75 Å². The second-order valence-corrected chi connectivity index (χ2v) is 3.90. The summed E-state index contributed by atoms with van der Waals surface area (Å²) in [5.41, 5.74) is 3.62. The number of fused-ring (bicyclic) bond motifs is 2. The zero-order valence-electron chi connectivity index (χ0n) is 9.10. The number of ether oxygens (including phenoxy) is 1. The number of nitrogens with zero attached hydrogens (tertiary/aromatic N) is 1. The minimum Gasteiger partial charge on any atom is -0.438 e. The van der Waals surface area contributed by atoms with Gasteiger partial charge in [0.2, 0.25) is 5.88 Å². The average Bonchev–Trinajstić information content (AvgIpc) is 2.35. The van der Waals surface area contributed by atoms with Gasteiger partial charge >= 0.3 is 0 Å². The lowest BCUT2D eigenvalue weighted by Gasteiger charge is -2.19. The van der Waals surface area contributed by atoms with E-state index in [0.717, 1.165) is 23.6 Å². The quantitative estimate of drug-likeness (QED) is 0.614. The van der Waals surface area contributed by atoms with Crippen molar-refractivity contribution in [3.05, 3.63) is 59.6 Å². The number of pyridine rings is 1. The highest BCUT2D eigenvalue weighted by molar-refractivity contribution is 5.49. The second kappa shape index (κ2) is 3.63. The van der Waals surface area contributed by atoms with Gasteiger partial charge in [-0.1, -0.05) is 25.1 Å². The summed E-state index contributed by atoms with van der Waals surface area (Å²) in [6, 6.07) is 10.3. The van der Waals surface area contributed by atoms with E-state index in [0.29, 0.717) is 0 Å². The molecule has 0 saturated carbocycles. The summed E-state index contributed by atoms with van der Waals surface area (Å²) in [6.45, 7) is 2.04. The van der Waals surface area contributed by atoms with Gasteiger partial charge in [-0.2, -0.15) is 0 Å². The molecule has 0 bridgehead atoms. The van der Waals surface area contributed by atoms with E-state index in [-0.39, 0.29) is 0 Å². The van der Waals surface area contributed by atoms with Crippen LogP contribution in [0, 0.1) is 6.42 Å². The van der Waals surface area contributed by atoms with Gasteiger partial charge in [-0.25, -0.2) is 4.98 Å². The Morgan fingerprint density at radius 2 is 2.19 bits per heavy atom. The summed E-state index contributed by atoms with van der Waals surface area (Å²) in [6.07, 6.45) is 4.76. The van der Waals surface area contributed by atoms with Gasteiger partial charge in [0, 0.05) is 18.2 Å². The van der Waals surface area contributed by atoms with E-state index in [4.69, 9.17) is 4.74 Å². The SMILES string of the molecule is C[CH]c1ccc2c(c1)Cc1cccnc1O2. The molecule has 0 amide bonds. The van der Waals surface area contributed by atoms with Gasteiger partial charge in [0.25, 0.3) is 0 Å². The third-order valence-electron chi connectivity index (χ3n) is 2.86. The van der Waals surface area contributed by atoms with E-state index in [1.807, 2.05) is 19.1 Å². The molecule has 1 aliphatic heterocycles. The van der Waals surface area contributed by atoms with Crippen LogP contribution in [-0.2, 0) is 6.42 Å². The number of aromatic nitrogens is 1. The molecule has 0 spiro atoms. The van der Waals surface area contributed by atoms with E-state index in [9.17, 15) is 0 Å². The summed E-state index contributed by atoms with van der Waals surface area (Å²) in [4.78, 5) is 4.23. The van der Waals surface area contributed by atoms with Crippen molar-refractivity contribution >= 4 is 0 Å². The molecular formula is C14H12NO. The van der Waals surface area contributed by atoms with E-state index < -0.39 is 0 Å². The summed E-state index contributed by atoms with van der Waals surface area (Å²) in [5, 5.41) is 0. The molecule has 2 heterocycles. The molecule has 0 fully saturated rings. The van der Waals surface area contributed by atoms with E-state index >= 15 is 0 Å². The van der Waals surface area contributed by atoms with Gasteiger partial charge in [-0.15, -0.1) is 0 Å². The molecule has 2 nitrogen and oxygen atoms in total. The highest BCUT2D eigenvalue weighted by Crippen LogP contribution is 2.35. The standard InChI is InChI=1S/C14H12NO/c1-2-10-5-6-13-12(8-10)9-11-4-3-7-15-14(11)16-13/h2-8H,9H2,1H3. The van der Waals surface area contributed by atoms with Crippen LogP contribution in [0.4, 0.5) is 0 Å². The maximum absolute atomic E-state index is 5.75. The van der Waals surface area contributed by atoms with Crippen molar-refractivity contribution in [3.63, 3.8) is 0 Å². The van der Waals surface area contributed by atoms with E-state index in [1.165, 1.54) is 11.1 Å². The Kier molecular flexibility index (Phi) is 2.13. The lowest BCUT2D eigenvalue weighted by molar-refractivity contribution is 0.440. The predicted octanol–water partition coefficient (Wildman–Crippen LogP) is 3.35. The fourth-order valence-corrected chi connectivity index (χ4v) is 1.98. The Balaban J connectivity index is 2.05. The fraction of sp³-hybridized carbons (Fsp3) is 0.143. The first kappa shape index (κ1) is 9.40. The predicted molar refractivity (Wildman–Crippen MR) is 62.6 cm³/mol. The van der Waals surface area contributed by atoms with Crippen LogP contribution in [0.15, 0.2) is 36.5 Å². The van der Waals surface area contributed by atoms with Crippen LogP contribution < -0.4 is 4.74 Å². The normalized spacial score (nSPS) is 12.6. The number of hydrogen-bond acceptors (Lipinski definition) is 2. The van der Waals surface area contributed by atoms with Crippen molar-refractivity contribution < 1.29 is 4.74 Å². The average molecular weight is 210 g/mol. The molecule has 16 heavy (non-hydrogen) atoms. The molecule has 0 atom stereocenters. The topological polar surface area (TPSA) is 22.1 Å². The van der Waals surface area contributed by atoms with Crippen LogP contribution in [-0.4, -0.2) is 4.98 Å². The molecule has 3 rings (SSSR count). The Hall–Kier alpha value is -1.83. The molecule has 1 aliphatic rings. The van der Waals surface area contributed by atoms with Gasteiger partial charge in [0.05, 0.1) is 0 Å². The van der Waals surface area contributed by atoms with Gasteiger partial charge < -0.3 is 4.74 Å². The number of rotatable bonds is 1. The highest BCUT2D eigenvalue weighted by Gasteiger charge is 2.17. The fourth-order valence-electron chi connectivity index (χ4n) is 1.98. The Morgan fingerprint density at radius 1 is 1.25 bits per heavy atom. The number of benzene rings is 1. The molecule has 2 aromatic rings. The monoisotopic (exact) mass is 210 g/mol. The van der Waals surface area contributed by atoms with Gasteiger partial charge in [0.15, 0.2) is 0 Å². The molecule has 1 aromatic heterocycles. The molecule has 0 unspecified atom stereocenters. The van der Waals surface area contributed by atoms with Crippen LogP contribution in [0.1, 0.15) is 23.6 Å². The van der Waals surface area contributed by atoms with Gasteiger partial charge in [-0.3, -0.25) is 0 Å². The zero-order chi connectivity index (χ0) is 11.0. The van der Waals surface area contributed by atoms with Crippen LogP contribution >= 0.6 is 0 Å². The first-order chi connectivity index (χ1) is 7.86.